The normalized spacial score (nSPS) is 34.3. The summed E-state index contributed by atoms with van der Waals surface area (Å²) < 4.78 is 1.20. The third kappa shape index (κ3) is 1.64. The summed E-state index contributed by atoms with van der Waals surface area (Å²) in [5.41, 5.74) is 1.77. The van der Waals surface area contributed by atoms with Crippen LogP contribution in [0, 0.1) is 5.92 Å². The van der Waals surface area contributed by atoms with Crippen molar-refractivity contribution in [3.8, 4) is 0 Å². The molecule has 2 heteroatoms. The highest BCUT2D eigenvalue weighted by atomic mass is 79.9. The Labute approximate surface area is 99.4 Å². The van der Waals surface area contributed by atoms with Crippen LogP contribution in [0.25, 0.3) is 0 Å². The summed E-state index contributed by atoms with van der Waals surface area (Å²) >= 11 is 3.57. The van der Waals surface area contributed by atoms with E-state index in [0.717, 1.165) is 5.92 Å². The molecule has 3 rings (SSSR count). The number of halogens is 1. The number of fused-ring (bicyclic) bond motifs is 2. The Morgan fingerprint density at radius 2 is 2.27 bits per heavy atom. The van der Waals surface area contributed by atoms with Crippen LogP contribution in [-0.2, 0) is 5.54 Å². The zero-order valence-corrected chi connectivity index (χ0v) is 10.4. The van der Waals surface area contributed by atoms with E-state index in [0.29, 0.717) is 5.54 Å². The molecule has 0 spiro atoms. The molecule has 1 saturated carbocycles. The van der Waals surface area contributed by atoms with Gasteiger partial charge in [0.1, 0.15) is 0 Å². The Morgan fingerprint density at radius 3 is 3.13 bits per heavy atom. The maximum absolute atomic E-state index is 3.75. The van der Waals surface area contributed by atoms with Crippen LogP contribution in [0.1, 0.15) is 31.2 Å². The minimum Gasteiger partial charge on any atom is -0.307 e. The van der Waals surface area contributed by atoms with Gasteiger partial charge >= 0.3 is 0 Å². The highest BCUT2D eigenvalue weighted by molar-refractivity contribution is 9.10. The van der Waals surface area contributed by atoms with E-state index < -0.39 is 0 Å². The average Bonchev–Trinajstić information content (AvgIpc) is 2.56. The Hall–Kier alpha value is -0.340. The molecule has 1 aromatic carbocycles. The molecule has 1 aliphatic carbocycles. The predicted molar refractivity (Wildman–Crippen MR) is 65.8 cm³/mol. The molecule has 80 valence electrons. The smallest absolute Gasteiger partial charge is 0.0437 e. The molecule has 2 bridgehead atoms. The van der Waals surface area contributed by atoms with Crippen molar-refractivity contribution in [1.29, 1.82) is 0 Å². The fraction of sp³-hybridized carbons (Fsp3) is 0.538. The number of hydrogen-bond donors (Lipinski definition) is 1. The van der Waals surface area contributed by atoms with Gasteiger partial charge in [0.05, 0.1) is 0 Å². The fourth-order valence-electron chi connectivity index (χ4n) is 3.22. The van der Waals surface area contributed by atoms with E-state index in [2.05, 4.69) is 45.5 Å². The van der Waals surface area contributed by atoms with E-state index in [4.69, 9.17) is 0 Å². The van der Waals surface area contributed by atoms with E-state index in [1.807, 2.05) is 0 Å². The summed E-state index contributed by atoms with van der Waals surface area (Å²) in [4.78, 5) is 0. The third-order valence-corrected chi connectivity index (χ3v) is 4.50. The van der Waals surface area contributed by atoms with Crippen LogP contribution < -0.4 is 5.32 Å². The molecule has 1 N–H and O–H groups in total. The van der Waals surface area contributed by atoms with Crippen molar-refractivity contribution >= 4 is 15.9 Å². The molecule has 1 heterocycles. The number of nitrogens with one attached hydrogen (secondary N) is 1. The molecule has 0 radical (unpaired) electrons. The maximum Gasteiger partial charge on any atom is 0.0437 e. The topological polar surface area (TPSA) is 12.0 Å². The summed E-state index contributed by atoms with van der Waals surface area (Å²) in [5, 5.41) is 3.75. The van der Waals surface area contributed by atoms with Crippen molar-refractivity contribution in [2.75, 3.05) is 6.54 Å². The van der Waals surface area contributed by atoms with E-state index in [-0.39, 0.29) is 0 Å². The minimum atomic E-state index is 0.298. The molecule has 2 unspecified atom stereocenters. The first kappa shape index (κ1) is 9.86. The van der Waals surface area contributed by atoms with Crippen LogP contribution in [0.2, 0.25) is 0 Å². The first-order valence-electron chi connectivity index (χ1n) is 5.80. The molecule has 1 nitrogen and oxygen atoms in total. The largest absolute Gasteiger partial charge is 0.307 e. The Balaban J connectivity index is 1.98. The summed E-state index contributed by atoms with van der Waals surface area (Å²) in [6.07, 6.45) is 5.42. The van der Waals surface area contributed by atoms with Crippen molar-refractivity contribution in [2.45, 2.75) is 31.2 Å². The van der Waals surface area contributed by atoms with Gasteiger partial charge in [-0.15, -0.1) is 0 Å². The van der Waals surface area contributed by atoms with Crippen molar-refractivity contribution in [3.63, 3.8) is 0 Å². The molecule has 1 aliphatic heterocycles. The fourth-order valence-corrected chi connectivity index (χ4v) is 3.62. The number of hydrogen-bond acceptors (Lipinski definition) is 1. The lowest BCUT2D eigenvalue weighted by molar-refractivity contribution is 0.275. The lowest BCUT2D eigenvalue weighted by atomic mass is 9.84. The van der Waals surface area contributed by atoms with E-state index in [9.17, 15) is 0 Å². The van der Waals surface area contributed by atoms with Crippen LogP contribution in [0.15, 0.2) is 28.7 Å². The van der Waals surface area contributed by atoms with E-state index >= 15 is 0 Å². The van der Waals surface area contributed by atoms with E-state index in [1.54, 1.807) is 0 Å². The van der Waals surface area contributed by atoms with Gasteiger partial charge in [-0.1, -0.05) is 28.1 Å². The molecule has 1 saturated heterocycles. The Bertz CT molecular complexity index is 373. The number of piperidine rings is 1. The second kappa shape index (κ2) is 3.60. The molecular formula is C13H16BrN. The van der Waals surface area contributed by atoms with Crippen LogP contribution >= 0.6 is 15.9 Å². The summed E-state index contributed by atoms with van der Waals surface area (Å²) in [6, 6.07) is 8.80. The van der Waals surface area contributed by atoms with Crippen LogP contribution in [-0.4, -0.2) is 6.54 Å². The van der Waals surface area contributed by atoms with Gasteiger partial charge in [-0.3, -0.25) is 0 Å². The van der Waals surface area contributed by atoms with Crippen LogP contribution in [0.5, 0.6) is 0 Å². The van der Waals surface area contributed by atoms with Crippen LogP contribution in [0.3, 0.4) is 0 Å². The molecule has 2 fully saturated rings. The minimum absolute atomic E-state index is 0.298. The molecule has 0 amide bonds. The van der Waals surface area contributed by atoms with Gasteiger partial charge in [-0.2, -0.15) is 0 Å². The van der Waals surface area contributed by atoms with Gasteiger partial charge in [0, 0.05) is 10.0 Å². The maximum atomic E-state index is 3.75. The molecule has 0 aromatic heterocycles. The van der Waals surface area contributed by atoms with Gasteiger partial charge in [0.15, 0.2) is 0 Å². The van der Waals surface area contributed by atoms with Crippen molar-refractivity contribution in [1.82, 2.24) is 5.32 Å². The SMILES string of the molecule is Brc1cccc(C23CCC(CCN2)C3)c1. The second-order valence-corrected chi connectivity index (χ2v) is 5.83. The first-order chi connectivity index (χ1) is 7.28. The number of benzene rings is 1. The zero-order valence-electron chi connectivity index (χ0n) is 8.80. The lowest BCUT2D eigenvalue weighted by Crippen LogP contribution is -2.43. The zero-order chi connectivity index (χ0) is 10.3. The van der Waals surface area contributed by atoms with Gasteiger partial charge in [0.2, 0.25) is 0 Å². The molecule has 1 aromatic rings. The monoisotopic (exact) mass is 265 g/mol. The van der Waals surface area contributed by atoms with Crippen molar-refractivity contribution in [3.05, 3.63) is 34.3 Å². The standard InChI is InChI=1S/C13H16BrN/c14-12-3-1-2-11(8-12)13-6-4-10(9-13)5-7-15-13/h1-3,8,10,15H,4-7,9H2. The number of rotatable bonds is 1. The van der Waals surface area contributed by atoms with E-state index in [1.165, 1.54) is 42.3 Å². The third-order valence-electron chi connectivity index (χ3n) is 4.01. The molecule has 2 atom stereocenters. The Morgan fingerprint density at radius 1 is 1.33 bits per heavy atom. The first-order valence-corrected chi connectivity index (χ1v) is 6.59. The van der Waals surface area contributed by atoms with Gasteiger partial charge in [-0.05, 0) is 55.8 Å². The molecule has 2 aliphatic rings. The highest BCUT2D eigenvalue weighted by Gasteiger charge is 2.42. The summed E-state index contributed by atoms with van der Waals surface area (Å²) in [7, 11) is 0. The van der Waals surface area contributed by atoms with Gasteiger partial charge in [0.25, 0.3) is 0 Å². The summed E-state index contributed by atoms with van der Waals surface area (Å²) in [5.74, 6) is 0.963. The highest BCUT2D eigenvalue weighted by Crippen LogP contribution is 2.46. The van der Waals surface area contributed by atoms with Crippen molar-refractivity contribution < 1.29 is 0 Å². The molecular weight excluding hydrogens is 250 g/mol. The second-order valence-electron chi connectivity index (χ2n) is 4.92. The van der Waals surface area contributed by atoms with Gasteiger partial charge in [-0.25, -0.2) is 0 Å². The van der Waals surface area contributed by atoms with Crippen LogP contribution in [0.4, 0.5) is 0 Å². The van der Waals surface area contributed by atoms with Gasteiger partial charge < -0.3 is 5.32 Å². The predicted octanol–water partition coefficient (Wildman–Crippen LogP) is 3.44. The Kier molecular flexibility index (Phi) is 2.37. The average molecular weight is 266 g/mol. The molecule has 15 heavy (non-hydrogen) atoms. The lowest BCUT2D eigenvalue weighted by Gasteiger charge is -2.35. The summed E-state index contributed by atoms with van der Waals surface area (Å²) in [6.45, 7) is 1.19. The van der Waals surface area contributed by atoms with Crippen molar-refractivity contribution in [2.24, 2.45) is 5.92 Å². The quantitative estimate of drug-likeness (QED) is 0.821.